The van der Waals surface area contributed by atoms with Gasteiger partial charge in [0.25, 0.3) is 0 Å². The minimum absolute atomic E-state index is 0.160. The van der Waals surface area contributed by atoms with Gasteiger partial charge in [-0.1, -0.05) is 18.2 Å². The lowest BCUT2D eigenvalue weighted by Crippen LogP contribution is -2.27. The summed E-state index contributed by atoms with van der Waals surface area (Å²) >= 11 is 0. The third-order valence-corrected chi connectivity index (χ3v) is 6.62. The molecule has 8 heteroatoms. The molecule has 30 heavy (non-hydrogen) atoms. The molecule has 1 N–H and O–H groups in total. The van der Waals surface area contributed by atoms with E-state index in [0.717, 1.165) is 28.1 Å². The van der Waals surface area contributed by atoms with Gasteiger partial charge in [-0.25, -0.2) is 17.8 Å². The maximum absolute atomic E-state index is 13.1. The van der Waals surface area contributed by atoms with Gasteiger partial charge in [-0.2, -0.15) is 5.10 Å². The molecule has 4 aromatic rings. The minimum atomic E-state index is -3.78. The highest BCUT2D eigenvalue weighted by Crippen LogP contribution is 2.25. The largest absolute Gasteiger partial charge is 0.497 e. The summed E-state index contributed by atoms with van der Waals surface area (Å²) in [5.41, 5.74) is 2.97. The van der Waals surface area contributed by atoms with E-state index in [9.17, 15) is 8.42 Å². The Kier molecular flexibility index (Phi) is 5.27. The van der Waals surface area contributed by atoms with Gasteiger partial charge in [0.15, 0.2) is 0 Å². The van der Waals surface area contributed by atoms with Gasteiger partial charge >= 0.3 is 0 Å². The summed E-state index contributed by atoms with van der Waals surface area (Å²) in [5.74, 6) is 0.758. The number of ether oxygens (including phenoxy) is 1. The van der Waals surface area contributed by atoms with Crippen LogP contribution in [-0.4, -0.2) is 30.3 Å². The third-order valence-electron chi connectivity index (χ3n) is 5.05. The van der Waals surface area contributed by atoms with Crippen LogP contribution < -0.4 is 9.46 Å². The van der Waals surface area contributed by atoms with Crippen LogP contribution >= 0.6 is 0 Å². The number of hydrogen-bond acceptors (Lipinski definition) is 5. The molecule has 0 saturated carbocycles. The predicted molar refractivity (Wildman–Crippen MR) is 115 cm³/mol. The van der Waals surface area contributed by atoms with E-state index in [1.54, 1.807) is 49.3 Å². The van der Waals surface area contributed by atoms with Crippen LogP contribution in [0.4, 0.5) is 0 Å². The van der Waals surface area contributed by atoms with Crippen LogP contribution in [0, 0.1) is 6.92 Å². The van der Waals surface area contributed by atoms with Gasteiger partial charge in [0.1, 0.15) is 10.6 Å². The van der Waals surface area contributed by atoms with Crippen molar-refractivity contribution in [1.29, 1.82) is 0 Å². The minimum Gasteiger partial charge on any atom is -0.497 e. The smallest absolute Gasteiger partial charge is 0.243 e. The molecule has 2 aromatic carbocycles. The van der Waals surface area contributed by atoms with E-state index < -0.39 is 16.1 Å². The van der Waals surface area contributed by atoms with Gasteiger partial charge in [0.05, 0.1) is 24.5 Å². The Hall–Kier alpha value is -3.23. The summed E-state index contributed by atoms with van der Waals surface area (Å²) in [7, 11) is -2.16. The van der Waals surface area contributed by atoms with Crippen molar-refractivity contribution in [2.24, 2.45) is 0 Å². The first-order chi connectivity index (χ1) is 14.4. The van der Waals surface area contributed by atoms with Crippen molar-refractivity contribution in [1.82, 2.24) is 19.5 Å². The molecule has 1 atom stereocenters. The standard InChI is InChI=1S/C22H22N4O3S/c1-15(20-14-24-26(16(20)2)18-9-11-19(29-3)12-10-18)25-30(27,28)21-8-4-6-17-7-5-13-23-22(17)21/h4-15,25H,1-3H3/t15-/m0/s1. The van der Waals surface area contributed by atoms with E-state index in [0.29, 0.717) is 5.52 Å². The average Bonchev–Trinajstić information content (AvgIpc) is 3.14. The quantitative estimate of drug-likeness (QED) is 0.511. The molecule has 2 heterocycles. The molecule has 0 amide bonds. The van der Waals surface area contributed by atoms with Crippen molar-refractivity contribution in [3.05, 3.63) is 78.2 Å². The topological polar surface area (TPSA) is 86.1 Å². The molecule has 0 bridgehead atoms. The number of pyridine rings is 1. The van der Waals surface area contributed by atoms with Crippen LogP contribution in [-0.2, 0) is 10.0 Å². The zero-order valence-electron chi connectivity index (χ0n) is 16.9. The summed E-state index contributed by atoms with van der Waals surface area (Å²) < 4.78 is 35.9. The second kappa shape index (κ2) is 7.89. The monoisotopic (exact) mass is 422 g/mol. The van der Waals surface area contributed by atoms with Gasteiger partial charge in [-0.3, -0.25) is 4.98 Å². The van der Waals surface area contributed by atoms with E-state index in [1.807, 2.05) is 43.3 Å². The normalized spacial score (nSPS) is 12.8. The Morgan fingerprint density at radius 2 is 1.80 bits per heavy atom. The van der Waals surface area contributed by atoms with Gasteiger partial charge < -0.3 is 4.74 Å². The van der Waals surface area contributed by atoms with Crippen molar-refractivity contribution in [3.8, 4) is 11.4 Å². The molecule has 4 rings (SSSR count). The Morgan fingerprint density at radius 3 is 2.53 bits per heavy atom. The summed E-state index contributed by atoms with van der Waals surface area (Å²) in [5, 5.41) is 5.22. The van der Waals surface area contributed by atoms with Crippen LogP contribution in [0.15, 0.2) is 71.9 Å². The van der Waals surface area contributed by atoms with Crippen molar-refractivity contribution in [3.63, 3.8) is 0 Å². The first-order valence-electron chi connectivity index (χ1n) is 9.46. The molecule has 0 radical (unpaired) electrons. The molecule has 7 nitrogen and oxygen atoms in total. The second-order valence-corrected chi connectivity index (χ2v) is 8.65. The van der Waals surface area contributed by atoms with E-state index in [1.165, 1.54) is 0 Å². The third kappa shape index (κ3) is 3.67. The Labute approximate surface area is 175 Å². The number of nitrogens with one attached hydrogen (secondary N) is 1. The number of aromatic nitrogens is 3. The molecule has 0 spiro atoms. The maximum Gasteiger partial charge on any atom is 0.243 e. The first-order valence-corrected chi connectivity index (χ1v) is 10.9. The number of rotatable bonds is 6. The maximum atomic E-state index is 13.1. The zero-order chi connectivity index (χ0) is 21.3. The van der Waals surface area contributed by atoms with Crippen LogP contribution in [0.2, 0.25) is 0 Å². The van der Waals surface area contributed by atoms with Crippen molar-refractivity contribution >= 4 is 20.9 Å². The molecule has 0 saturated heterocycles. The summed E-state index contributed by atoms with van der Waals surface area (Å²) in [4.78, 5) is 4.42. The van der Waals surface area contributed by atoms with E-state index >= 15 is 0 Å². The summed E-state index contributed by atoms with van der Waals surface area (Å²) in [6.45, 7) is 3.72. The highest BCUT2D eigenvalue weighted by Gasteiger charge is 2.23. The highest BCUT2D eigenvalue weighted by atomic mass is 32.2. The molecule has 0 aliphatic carbocycles. The number of methoxy groups -OCH3 is 1. The zero-order valence-corrected chi connectivity index (χ0v) is 17.7. The SMILES string of the molecule is COc1ccc(-n2ncc([C@H](C)NS(=O)(=O)c3cccc4cccnc34)c2C)cc1. The molecular formula is C22H22N4O3S. The van der Waals surface area contributed by atoms with Crippen molar-refractivity contribution < 1.29 is 13.2 Å². The highest BCUT2D eigenvalue weighted by molar-refractivity contribution is 7.89. The number of hydrogen-bond donors (Lipinski definition) is 1. The fourth-order valence-corrected chi connectivity index (χ4v) is 4.89. The molecular weight excluding hydrogens is 400 g/mol. The summed E-state index contributed by atoms with van der Waals surface area (Å²) in [6.07, 6.45) is 3.28. The Balaban J connectivity index is 1.63. The number of fused-ring (bicyclic) bond motifs is 1. The Bertz CT molecular complexity index is 1290. The average molecular weight is 423 g/mol. The van der Waals surface area contributed by atoms with E-state index in [2.05, 4.69) is 14.8 Å². The van der Waals surface area contributed by atoms with E-state index in [-0.39, 0.29) is 4.90 Å². The molecule has 0 unspecified atom stereocenters. The number of nitrogens with zero attached hydrogens (tertiary/aromatic N) is 3. The van der Waals surface area contributed by atoms with Crippen molar-refractivity contribution in [2.75, 3.05) is 7.11 Å². The van der Waals surface area contributed by atoms with E-state index in [4.69, 9.17) is 4.74 Å². The van der Waals surface area contributed by atoms with Crippen LogP contribution in [0.3, 0.4) is 0 Å². The van der Waals surface area contributed by atoms with Gasteiger partial charge in [0, 0.05) is 28.9 Å². The van der Waals surface area contributed by atoms with Crippen LogP contribution in [0.25, 0.3) is 16.6 Å². The van der Waals surface area contributed by atoms with Gasteiger partial charge in [-0.05, 0) is 50.2 Å². The van der Waals surface area contributed by atoms with Crippen LogP contribution in [0.5, 0.6) is 5.75 Å². The molecule has 154 valence electrons. The fraction of sp³-hybridized carbons (Fsp3) is 0.182. The number of para-hydroxylation sites is 1. The predicted octanol–water partition coefficient (Wildman–Crippen LogP) is 3.78. The second-order valence-electron chi connectivity index (χ2n) is 6.97. The van der Waals surface area contributed by atoms with Crippen molar-refractivity contribution in [2.45, 2.75) is 24.8 Å². The molecule has 0 fully saturated rings. The molecule has 0 aliphatic rings. The lowest BCUT2D eigenvalue weighted by molar-refractivity contribution is 0.414. The molecule has 0 aliphatic heterocycles. The first kappa shape index (κ1) is 20.1. The number of sulfonamides is 1. The molecule has 2 aromatic heterocycles. The van der Waals surface area contributed by atoms with Gasteiger partial charge in [-0.15, -0.1) is 0 Å². The lowest BCUT2D eigenvalue weighted by Gasteiger charge is -2.15. The lowest BCUT2D eigenvalue weighted by atomic mass is 10.1. The summed E-state index contributed by atoms with van der Waals surface area (Å²) in [6, 6.07) is 15.8. The fourth-order valence-electron chi connectivity index (χ4n) is 3.48. The number of benzene rings is 2. The Morgan fingerprint density at radius 1 is 1.07 bits per heavy atom. The van der Waals surface area contributed by atoms with Crippen LogP contribution in [0.1, 0.15) is 24.2 Å². The van der Waals surface area contributed by atoms with Gasteiger partial charge in [0.2, 0.25) is 10.0 Å².